The van der Waals surface area contributed by atoms with Crippen molar-refractivity contribution in [2.24, 2.45) is 11.8 Å². The van der Waals surface area contributed by atoms with Crippen LogP contribution < -0.4 is 0 Å². The topological polar surface area (TPSA) is 55.8 Å². The molecule has 4 unspecified atom stereocenters. The smallest absolute Gasteiger partial charge is 0.347 e. The average Bonchev–Trinajstić information content (AvgIpc) is 2.93. The standard InChI is InChI=1S/C31H33NO4/c1-3-35-31(34)30-29(26(22-33)20-28(36-30)25-17-11-6-12-18-25)27(19-23-13-7-4-8-14-23)32(2)21-24-15-9-5-10-16-24/h4-18,20,22,26-27,29-30H,3,19,21H2,1-2H3. The highest BCUT2D eigenvalue weighted by atomic mass is 16.6. The molecule has 0 radical (unpaired) electrons. The molecule has 5 heteroatoms. The summed E-state index contributed by atoms with van der Waals surface area (Å²) in [4.78, 5) is 28.0. The van der Waals surface area contributed by atoms with Crippen molar-refractivity contribution in [2.75, 3.05) is 13.7 Å². The second-order valence-corrected chi connectivity index (χ2v) is 9.14. The Morgan fingerprint density at radius 2 is 1.53 bits per heavy atom. The van der Waals surface area contributed by atoms with Crippen molar-refractivity contribution in [3.05, 3.63) is 114 Å². The summed E-state index contributed by atoms with van der Waals surface area (Å²) in [6.45, 7) is 2.69. The van der Waals surface area contributed by atoms with Gasteiger partial charge in [0.25, 0.3) is 0 Å². The predicted molar refractivity (Wildman–Crippen MR) is 141 cm³/mol. The number of hydrogen-bond donors (Lipinski definition) is 0. The SMILES string of the molecule is CCOC(=O)C1OC(c2ccccc2)=CC(C=O)C1C(Cc1ccccc1)N(C)Cc1ccccc1. The molecule has 0 aliphatic carbocycles. The summed E-state index contributed by atoms with van der Waals surface area (Å²) < 4.78 is 11.8. The number of benzene rings is 3. The molecule has 3 aromatic carbocycles. The van der Waals surface area contributed by atoms with Gasteiger partial charge in [-0.15, -0.1) is 0 Å². The van der Waals surface area contributed by atoms with Gasteiger partial charge in [-0.25, -0.2) is 4.79 Å². The fraction of sp³-hybridized carbons (Fsp3) is 0.290. The Morgan fingerprint density at radius 3 is 2.11 bits per heavy atom. The van der Waals surface area contributed by atoms with Crippen molar-refractivity contribution < 1.29 is 19.1 Å². The zero-order chi connectivity index (χ0) is 25.3. The van der Waals surface area contributed by atoms with E-state index in [2.05, 4.69) is 29.2 Å². The number of nitrogens with zero attached hydrogens (tertiary/aromatic N) is 1. The lowest BCUT2D eigenvalue weighted by atomic mass is 9.77. The predicted octanol–water partition coefficient (Wildman–Crippen LogP) is 5.16. The summed E-state index contributed by atoms with van der Waals surface area (Å²) in [6.07, 6.45) is 2.55. The average molecular weight is 484 g/mol. The summed E-state index contributed by atoms with van der Waals surface area (Å²) in [7, 11) is 2.04. The van der Waals surface area contributed by atoms with Crippen molar-refractivity contribution in [3.8, 4) is 0 Å². The molecular weight excluding hydrogens is 450 g/mol. The summed E-state index contributed by atoms with van der Waals surface area (Å²) in [5, 5.41) is 0. The van der Waals surface area contributed by atoms with E-state index in [9.17, 15) is 9.59 Å². The molecule has 36 heavy (non-hydrogen) atoms. The summed E-state index contributed by atoms with van der Waals surface area (Å²) >= 11 is 0. The lowest BCUT2D eigenvalue weighted by Gasteiger charge is -2.42. The first-order valence-corrected chi connectivity index (χ1v) is 12.4. The van der Waals surface area contributed by atoms with Crippen LogP contribution in [0, 0.1) is 11.8 Å². The van der Waals surface area contributed by atoms with Crippen LogP contribution in [0.25, 0.3) is 5.76 Å². The van der Waals surface area contributed by atoms with Crippen LogP contribution >= 0.6 is 0 Å². The highest BCUT2D eigenvalue weighted by Gasteiger charge is 2.46. The van der Waals surface area contributed by atoms with E-state index < -0.39 is 23.9 Å². The van der Waals surface area contributed by atoms with E-state index in [1.54, 1.807) is 6.92 Å². The maximum atomic E-state index is 13.3. The van der Waals surface area contributed by atoms with Gasteiger partial charge in [-0.2, -0.15) is 0 Å². The lowest BCUT2D eigenvalue weighted by molar-refractivity contribution is -0.159. The summed E-state index contributed by atoms with van der Waals surface area (Å²) in [6, 6.07) is 29.8. The summed E-state index contributed by atoms with van der Waals surface area (Å²) in [5.74, 6) is -0.855. The first-order valence-electron chi connectivity index (χ1n) is 12.4. The minimum Gasteiger partial charge on any atom is -0.478 e. The van der Waals surface area contributed by atoms with Gasteiger partial charge in [-0.05, 0) is 37.6 Å². The third kappa shape index (κ3) is 6.10. The first-order chi connectivity index (χ1) is 17.6. The molecule has 186 valence electrons. The van der Waals surface area contributed by atoms with E-state index in [1.807, 2.05) is 79.9 Å². The van der Waals surface area contributed by atoms with Crippen molar-refractivity contribution >= 4 is 18.0 Å². The van der Waals surface area contributed by atoms with Gasteiger partial charge in [0.2, 0.25) is 6.10 Å². The van der Waals surface area contributed by atoms with E-state index in [4.69, 9.17) is 9.47 Å². The second-order valence-electron chi connectivity index (χ2n) is 9.14. The number of carbonyl (C=O) groups excluding carboxylic acids is 2. The van der Waals surface area contributed by atoms with E-state index in [1.165, 1.54) is 0 Å². The van der Waals surface area contributed by atoms with Crippen molar-refractivity contribution in [2.45, 2.75) is 32.0 Å². The zero-order valence-corrected chi connectivity index (χ0v) is 20.8. The number of aldehydes is 1. The van der Waals surface area contributed by atoms with Crippen LogP contribution in [-0.2, 0) is 32.0 Å². The Morgan fingerprint density at radius 1 is 0.944 bits per heavy atom. The number of hydrogen-bond acceptors (Lipinski definition) is 5. The number of ether oxygens (including phenoxy) is 2. The molecule has 0 bridgehead atoms. The van der Waals surface area contributed by atoms with Crippen LogP contribution in [0.15, 0.2) is 97.1 Å². The molecular formula is C31H33NO4. The Kier molecular flexibility index (Phi) is 8.69. The third-order valence-electron chi connectivity index (χ3n) is 6.70. The van der Waals surface area contributed by atoms with Crippen LogP contribution in [0.1, 0.15) is 23.6 Å². The fourth-order valence-corrected chi connectivity index (χ4v) is 4.96. The van der Waals surface area contributed by atoms with Gasteiger partial charge >= 0.3 is 5.97 Å². The normalized spacial score (nSPS) is 20.2. The molecule has 5 nitrogen and oxygen atoms in total. The lowest BCUT2D eigenvalue weighted by Crippen LogP contribution is -2.52. The quantitative estimate of drug-likeness (QED) is 0.294. The number of rotatable bonds is 10. The number of esters is 1. The van der Waals surface area contributed by atoms with Gasteiger partial charge in [-0.3, -0.25) is 4.90 Å². The van der Waals surface area contributed by atoms with Crippen LogP contribution in [0.4, 0.5) is 0 Å². The third-order valence-corrected chi connectivity index (χ3v) is 6.70. The number of carbonyl (C=O) groups is 2. The van der Waals surface area contributed by atoms with E-state index in [0.717, 1.165) is 23.0 Å². The molecule has 0 spiro atoms. The minimum absolute atomic E-state index is 0.161. The zero-order valence-electron chi connectivity index (χ0n) is 20.8. The highest BCUT2D eigenvalue weighted by Crippen LogP contribution is 2.37. The van der Waals surface area contributed by atoms with Gasteiger partial charge < -0.3 is 14.3 Å². The summed E-state index contributed by atoms with van der Waals surface area (Å²) in [5.41, 5.74) is 3.12. The molecule has 0 saturated carbocycles. The number of allylic oxidation sites excluding steroid dienone is 1. The molecule has 0 amide bonds. The van der Waals surface area contributed by atoms with Gasteiger partial charge in [0.15, 0.2) is 0 Å². The van der Waals surface area contributed by atoms with Gasteiger partial charge in [0, 0.05) is 30.0 Å². The molecule has 0 N–H and O–H groups in total. The maximum absolute atomic E-state index is 13.3. The molecule has 1 heterocycles. The van der Waals surface area contributed by atoms with Crippen LogP contribution in [0.3, 0.4) is 0 Å². The molecule has 1 aliphatic heterocycles. The van der Waals surface area contributed by atoms with E-state index in [0.29, 0.717) is 18.7 Å². The Balaban J connectivity index is 1.75. The highest BCUT2D eigenvalue weighted by molar-refractivity contribution is 5.80. The minimum atomic E-state index is -0.910. The maximum Gasteiger partial charge on any atom is 0.347 e. The van der Waals surface area contributed by atoms with Gasteiger partial charge in [-0.1, -0.05) is 91.0 Å². The molecule has 4 rings (SSSR count). The monoisotopic (exact) mass is 483 g/mol. The van der Waals surface area contributed by atoms with Gasteiger partial charge in [0.1, 0.15) is 12.0 Å². The number of likely N-dealkylation sites (N-methyl/N-ethyl adjacent to an activating group) is 1. The molecule has 0 fully saturated rings. The molecule has 4 atom stereocenters. The van der Waals surface area contributed by atoms with Crippen molar-refractivity contribution in [1.82, 2.24) is 4.90 Å². The Bertz CT molecular complexity index is 1150. The molecule has 0 saturated heterocycles. The van der Waals surface area contributed by atoms with E-state index in [-0.39, 0.29) is 12.6 Å². The Labute approximate surface area is 213 Å². The Hall–Kier alpha value is -3.70. The van der Waals surface area contributed by atoms with Crippen LogP contribution in [-0.4, -0.2) is 43.0 Å². The molecule has 1 aliphatic rings. The van der Waals surface area contributed by atoms with Crippen molar-refractivity contribution in [1.29, 1.82) is 0 Å². The molecule has 0 aromatic heterocycles. The molecule has 3 aromatic rings. The first kappa shape index (κ1) is 25.4. The van der Waals surface area contributed by atoms with Gasteiger partial charge in [0.05, 0.1) is 6.61 Å². The second kappa shape index (κ2) is 12.3. The van der Waals surface area contributed by atoms with Crippen LogP contribution in [0.2, 0.25) is 0 Å². The van der Waals surface area contributed by atoms with Crippen molar-refractivity contribution in [3.63, 3.8) is 0 Å². The largest absolute Gasteiger partial charge is 0.478 e. The van der Waals surface area contributed by atoms with E-state index >= 15 is 0 Å². The fourth-order valence-electron chi connectivity index (χ4n) is 4.96. The van der Waals surface area contributed by atoms with Crippen LogP contribution in [0.5, 0.6) is 0 Å².